The molecule has 0 spiro atoms. The molecule has 1 N–H and O–H groups in total. The second kappa shape index (κ2) is 7.51. The van der Waals surface area contributed by atoms with Gasteiger partial charge in [0, 0.05) is 25.3 Å². The SMILES string of the molecule is CCCn1cc(N[C@@H](C)CCCN2C(=O)c3ccccc3C2=O)cn1. The molecule has 6 heteroatoms. The number of nitrogens with zero attached hydrogens (tertiary/aromatic N) is 3. The predicted octanol–water partition coefficient (Wildman–Crippen LogP) is 3.17. The average Bonchev–Trinajstić information content (AvgIpc) is 3.13. The van der Waals surface area contributed by atoms with Crippen molar-refractivity contribution in [2.75, 3.05) is 11.9 Å². The van der Waals surface area contributed by atoms with Gasteiger partial charge in [-0.1, -0.05) is 19.1 Å². The van der Waals surface area contributed by atoms with Crippen molar-refractivity contribution in [3.05, 3.63) is 47.8 Å². The summed E-state index contributed by atoms with van der Waals surface area (Å²) in [6.45, 7) is 5.58. The molecule has 2 aromatic rings. The molecule has 2 amide bonds. The number of carbonyl (C=O) groups excluding carboxylic acids is 2. The molecule has 1 aliphatic rings. The molecular weight excluding hydrogens is 316 g/mol. The zero-order chi connectivity index (χ0) is 17.8. The van der Waals surface area contributed by atoms with E-state index < -0.39 is 0 Å². The zero-order valence-corrected chi connectivity index (χ0v) is 14.7. The normalized spacial score (nSPS) is 14.7. The fourth-order valence-electron chi connectivity index (χ4n) is 3.14. The van der Waals surface area contributed by atoms with Crippen LogP contribution in [0.15, 0.2) is 36.7 Å². The van der Waals surface area contributed by atoms with Gasteiger partial charge in [0.25, 0.3) is 11.8 Å². The van der Waals surface area contributed by atoms with Crippen molar-refractivity contribution in [2.45, 2.75) is 45.7 Å². The van der Waals surface area contributed by atoms with Gasteiger partial charge in [-0.2, -0.15) is 5.10 Å². The van der Waals surface area contributed by atoms with Crippen molar-refractivity contribution in [1.82, 2.24) is 14.7 Å². The number of nitrogens with one attached hydrogen (secondary N) is 1. The molecule has 0 saturated carbocycles. The summed E-state index contributed by atoms with van der Waals surface area (Å²) in [6.07, 6.45) is 6.52. The minimum atomic E-state index is -0.179. The Balaban J connectivity index is 1.48. The monoisotopic (exact) mass is 340 g/mol. The van der Waals surface area contributed by atoms with E-state index >= 15 is 0 Å². The third-order valence-electron chi connectivity index (χ3n) is 4.40. The molecule has 2 heterocycles. The predicted molar refractivity (Wildman–Crippen MR) is 96.6 cm³/mol. The van der Waals surface area contributed by atoms with Crippen LogP contribution in [0.3, 0.4) is 0 Å². The lowest BCUT2D eigenvalue weighted by Gasteiger charge is -2.17. The van der Waals surface area contributed by atoms with Crippen LogP contribution in [0.5, 0.6) is 0 Å². The van der Waals surface area contributed by atoms with Crippen LogP contribution in [-0.2, 0) is 6.54 Å². The van der Waals surface area contributed by atoms with Crippen LogP contribution in [0, 0.1) is 0 Å². The van der Waals surface area contributed by atoms with Crippen LogP contribution in [0.4, 0.5) is 5.69 Å². The summed E-state index contributed by atoms with van der Waals surface area (Å²) in [5, 5.41) is 7.72. The first kappa shape index (κ1) is 17.2. The minimum Gasteiger partial charge on any atom is -0.380 e. The van der Waals surface area contributed by atoms with Gasteiger partial charge >= 0.3 is 0 Å². The number of amides is 2. The van der Waals surface area contributed by atoms with Gasteiger partial charge in [0.15, 0.2) is 0 Å². The molecular formula is C19H24N4O2. The van der Waals surface area contributed by atoms with E-state index in [9.17, 15) is 9.59 Å². The fourth-order valence-corrected chi connectivity index (χ4v) is 3.14. The molecule has 0 bridgehead atoms. The van der Waals surface area contributed by atoms with Crippen molar-refractivity contribution in [1.29, 1.82) is 0 Å². The summed E-state index contributed by atoms with van der Waals surface area (Å²) in [4.78, 5) is 26.0. The Morgan fingerprint density at radius 2 is 1.80 bits per heavy atom. The molecule has 0 fully saturated rings. The quantitative estimate of drug-likeness (QED) is 0.750. The highest BCUT2D eigenvalue weighted by Crippen LogP contribution is 2.23. The van der Waals surface area contributed by atoms with Gasteiger partial charge in [-0.25, -0.2) is 0 Å². The number of anilines is 1. The van der Waals surface area contributed by atoms with Crippen LogP contribution >= 0.6 is 0 Å². The van der Waals surface area contributed by atoms with E-state index in [1.807, 2.05) is 17.1 Å². The highest BCUT2D eigenvalue weighted by Gasteiger charge is 2.34. The molecule has 0 aliphatic carbocycles. The first-order valence-corrected chi connectivity index (χ1v) is 8.84. The molecule has 1 aromatic carbocycles. The lowest BCUT2D eigenvalue weighted by Crippen LogP contribution is -2.31. The summed E-state index contributed by atoms with van der Waals surface area (Å²) in [5.41, 5.74) is 2.03. The van der Waals surface area contributed by atoms with Crippen LogP contribution < -0.4 is 5.32 Å². The van der Waals surface area contributed by atoms with Crippen molar-refractivity contribution in [3.63, 3.8) is 0 Å². The Kier molecular flexibility index (Phi) is 5.16. The average molecular weight is 340 g/mol. The van der Waals surface area contributed by atoms with Crippen molar-refractivity contribution >= 4 is 17.5 Å². The molecule has 6 nitrogen and oxygen atoms in total. The van der Waals surface area contributed by atoms with E-state index in [4.69, 9.17) is 0 Å². The van der Waals surface area contributed by atoms with E-state index in [2.05, 4.69) is 24.3 Å². The van der Waals surface area contributed by atoms with Crippen LogP contribution in [0.25, 0.3) is 0 Å². The maximum atomic E-state index is 12.3. The maximum absolute atomic E-state index is 12.3. The van der Waals surface area contributed by atoms with Gasteiger partial charge in [0.1, 0.15) is 0 Å². The molecule has 1 aliphatic heterocycles. The largest absolute Gasteiger partial charge is 0.380 e. The topological polar surface area (TPSA) is 67.2 Å². The summed E-state index contributed by atoms with van der Waals surface area (Å²) in [6, 6.07) is 7.26. The van der Waals surface area contributed by atoms with Gasteiger partial charge in [0.05, 0.1) is 23.0 Å². The van der Waals surface area contributed by atoms with Crippen molar-refractivity contribution in [3.8, 4) is 0 Å². The van der Waals surface area contributed by atoms with Crippen LogP contribution in [-0.4, -0.2) is 39.1 Å². The molecule has 0 unspecified atom stereocenters. The van der Waals surface area contributed by atoms with E-state index in [0.717, 1.165) is 31.5 Å². The van der Waals surface area contributed by atoms with Crippen molar-refractivity contribution < 1.29 is 9.59 Å². The lowest BCUT2D eigenvalue weighted by atomic mass is 10.1. The summed E-state index contributed by atoms with van der Waals surface area (Å²) >= 11 is 0. The molecule has 1 atom stereocenters. The molecule has 25 heavy (non-hydrogen) atoms. The van der Waals surface area contributed by atoms with Gasteiger partial charge < -0.3 is 5.32 Å². The second-order valence-electron chi connectivity index (χ2n) is 6.49. The zero-order valence-electron chi connectivity index (χ0n) is 14.7. The van der Waals surface area contributed by atoms with Gasteiger partial charge in [-0.05, 0) is 38.3 Å². The van der Waals surface area contributed by atoms with Crippen molar-refractivity contribution in [2.24, 2.45) is 0 Å². The lowest BCUT2D eigenvalue weighted by molar-refractivity contribution is 0.0651. The number of carbonyl (C=O) groups is 2. The Labute approximate surface area is 147 Å². The molecule has 0 radical (unpaired) electrons. The Morgan fingerprint density at radius 3 is 2.44 bits per heavy atom. The molecule has 132 valence electrons. The Hall–Kier alpha value is -2.63. The molecule has 3 rings (SSSR count). The number of aryl methyl sites for hydroxylation is 1. The van der Waals surface area contributed by atoms with Crippen LogP contribution in [0.2, 0.25) is 0 Å². The number of benzene rings is 1. The summed E-state index contributed by atoms with van der Waals surface area (Å²) in [7, 11) is 0. The summed E-state index contributed by atoms with van der Waals surface area (Å²) in [5.74, 6) is -0.357. The molecule has 1 aromatic heterocycles. The first-order valence-electron chi connectivity index (χ1n) is 8.84. The van der Waals surface area contributed by atoms with E-state index in [1.165, 1.54) is 4.90 Å². The van der Waals surface area contributed by atoms with Gasteiger partial charge in [-0.3, -0.25) is 19.2 Å². The molecule has 0 saturated heterocycles. The third kappa shape index (κ3) is 3.73. The number of hydrogen-bond acceptors (Lipinski definition) is 4. The Morgan fingerprint density at radius 1 is 1.12 bits per heavy atom. The minimum absolute atomic E-state index is 0.179. The van der Waals surface area contributed by atoms with Gasteiger partial charge in [0.2, 0.25) is 0 Å². The smallest absolute Gasteiger partial charge is 0.261 e. The third-order valence-corrected chi connectivity index (χ3v) is 4.40. The highest BCUT2D eigenvalue weighted by molar-refractivity contribution is 6.21. The number of fused-ring (bicyclic) bond motifs is 1. The number of hydrogen-bond donors (Lipinski definition) is 1. The first-order chi connectivity index (χ1) is 12.1. The standard InChI is InChI=1S/C19H24N4O2/c1-3-10-22-13-15(12-20-22)21-14(2)7-6-11-23-18(24)16-8-4-5-9-17(16)19(23)25/h4-5,8-9,12-14,21H,3,6-7,10-11H2,1-2H3/t14-/m0/s1. The maximum Gasteiger partial charge on any atom is 0.261 e. The van der Waals surface area contributed by atoms with E-state index in [0.29, 0.717) is 17.7 Å². The van der Waals surface area contributed by atoms with Crippen LogP contribution in [0.1, 0.15) is 53.8 Å². The van der Waals surface area contributed by atoms with Gasteiger partial charge in [-0.15, -0.1) is 0 Å². The number of imide groups is 1. The van der Waals surface area contributed by atoms with E-state index in [1.54, 1.807) is 24.3 Å². The van der Waals surface area contributed by atoms with E-state index in [-0.39, 0.29) is 17.9 Å². The second-order valence-corrected chi connectivity index (χ2v) is 6.49. The number of aromatic nitrogens is 2. The highest BCUT2D eigenvalue weighted by atomic mass is 16.2. The Bertz CT molecular complexity index is 733. The fraction of sp³-hybridized carbons (Fsp3) is 0.421. The number of rotatable bonds is 8. The summed E-state index contributed by atoms with van der Waals surface area (Å²) < 4.78 is 1.92.